The Kier molecular flexibility index (Phi) is 4.27. The summed E-state index contributed by atoms with van der Waals surface area (Å²) in [6.07, 6.45) is 0. The number of nitrogens with one attached hydrogen (secondary N) is 1. The molecule has 100 valence electrons. The third-order valence-electron chi connectivity index (χ3n) is 3.01. The number of anilines is 2. The van der Waals surface area contributed by atoms with Gasteiger partial charge >= 0.3 is 0 Å². The van der Waals surface area contributed by atoms with Gasteiger partial charge < -0.3 is 10.2 Å². The van der Waals surface area contributed by atoms with Crippen LogP contribution in [-0.4, -0.2) is 14.1 Å². The number of rotatable bonds is 4. The highest BCUT2D eigenvalue weighted by Gasteiger charge is 2.07. The summed E-state index contributed by atoms with van der Waals surface area (Å²) in [5.41, 5.74) is 2.66. The molecule has 0 radical (unpaired) electrons. The van der Waals surface area contributed by atoms with Gasteiger partial charge in [-0.3, -0.25) is 0 Å². The molecule has 0 heterocycles. The molecule has 0 fully saturated rings. The van der Waals surface area contributed by atoms with Crippen LogP contribution in [-0.2, 0) is 6.54 Å². The van der Waals surface area contributed by atoms with Gasteiger partial charge in [-0.25, -0.2) is 4.39 Å². The molecule has 1 N–H and O–H groups in total. The Hall–Kier alpha value is -1.74. The fourth-order valence-corrected chi connectivity index (χ4v) is 2.09. The van der Waals surface area contributed by atoms with Gasteiger partial charge in [0, 0.05) is 42.6 Å². The molecule has 19 heavy (non-hydrogen) atoms. The topological polar surface area (TPSA) is 15.3 Å². The first kappa shape index (κ1) is 13.7. The molecule has 0 saturated heterocycles. The summed E-state index contributed by atoms with van der Waals surface area (Å²) in [5, 5.41) is 3.61. The summed E-state index contributed by atoms with van der Waals surface area (Å²) in [5.74, 6) is -0.233. The number of benzene rings is 2. The fourth-order valence-electron chi connectivity index (χ4n) is 1.89. The van der Waals surface area contributed by atoms with Gasteiger partial charge in [0.2, 0.25) is 0 Å². The van der Waals surface area contributed by atoms with Gasteiger partial charge in [-0.1, -0.05) is 11.6 Å². The van der Waals surface area contributed by atoms with E-state index in [1.54, 1.807) is 12.1 Å². The molecule has 0 atom stereocenters. The van der Waals surface area contributed by atoms with Crippen LogP contribution in [0.5, 0.6) is 0 Å². The molecule has 0 amide bonds. The van der Waals surface area contributed by atoms with E-state index in [0.29, 0.717) is 17.1 Å². The van der Waals surface area contributed by atoms with E-state index < -0.39 is 0 Å². The molecule has 0 aliphatic carbocycles. The van der Waals surface area contributed by atoms with E-state index in [4.69, 9.17) is 11.6 Å². The minimum absolute atomic E-state index is 0.233. The average Bonchev–Trinajstić information content (AvgIpc) is 2.43. The SMILES string of the molecule is CNc1ccc(N(C)Cc2cc(Cl)ccc2F)cc1. The molecule has 2 nitrogen and oxygen atoms in total. The summed E-state index contributed by atoms with van der Waals surface area (Å²) in [7, 11) is 3.80. The summed E-state index contributed by atoms with van der Waals surface area (Å²) in [6, 6.07) is 12.6. The second-order valence-corrected chi connectivity index (χ2v) is 4.83. The molecule has 4 heteroatoms. The molecule has 2 aromatic rings. The first-order valence-corrected chi connectivity index (χ1v) is 6.41. The van der Waals surface area contributed by atoms with Crippen molar-refractivity contribution in [2.45, 2.75) is 6.54 Å². The van der Waals surface area contributed by atoms with Crippen LogP contribution in [0.15, 0.2) is 42.5 Å². The van der Waals surface area contributed by atoms with Crippen molar-refractivity contribution < 1.29 is 4.39 Å². The lowest BCUT2D eigenvalue weighted by atomic mass is 10.2. The van der Waals surface area contributed by atoms with Crippen molar-refractivity contribution in [2.24, 2.45) is 0 Å². The Morgan fingerprint density at radius 3 is 2.47 bits per heavy atom. The predicted octanol–water partition coefficient (Wildman–Crippen LogP) is 4.16. The van der Waals surface area contributed by atoms with E-state index in [1.165, 1.54) is 6.07 Å². The van der Waals surface area contributed by atoms with Crippen LogP contribution in [0.25, 0.3) is 0 Å². The molecule has 0 aliphatic rings. The Morgan fingerprint density at radius 2 is 1.84 bits per heavy atom. The maximum atomic E-state index is 13.7. The predicted molar refractivity (Wildman–Crippen MR) is 79.5 cm³/mol. The van der Waals surface area contributed by atoms with Gasteiger partial charge in [-0.05, 0) is 42.5 Å². The average molecular weight is 279 g/mol. The zero-order valence-electron chi connectivity index (χ0n) is 11.0. The maximum absolute atomic E-state index is 13.7. The summed E-state index contributed by atoms with van der Waals surface area (Å²) >= 11 is 5.89. The van der Waals surface area contributed by atoms with Crippen molar-refractivity contribution in [3.05, 3.63) is 58.9 Å². The third-order valence-corrected chi connectivity index (χ3v) is 3.25. The highest BCUT2D eigenvalue weighted by molar-refractivity contribution is 6.30. The third kappa shape index (κ3) is 3.38. The van der Waals surface area contributed by atoms with E-state index in [-0.39, 0.29) is 5.82 Å². The second kappa shape index (κ2) is 5.93. The Bertz CT molecular complexity index is 555. The number of halogens is 2. The van der Waals surface area contributed by atoms with Crippen LogP contribution in [0, 0.1) is 5.82 Å². The van der Waals surface area contributed by atoms with Crippen LogP contribution in [0.3, 0.4) is 0 Å². The van der Waals surface area contributed by atoms with Crippen molar-refractivity contribution >= 4 is 23.0 Å². The van der Waals surface area contributed by atoms with Crippen LogP contribution >= 0.6 is 11.6 Å². The zero-order valence-corrected chi connectivity index (χ0v) is 11.7. The summed E-state index contributed by atoms with van der Waals surface area (Å²) in [4.78, 5) is 1.98. The molecule has 0 spiro atoms. The van der Waals surface area contributed by atoms with Crippen LogP contribution in [0.4, 0.5) is 15.8 Å². The second-order valence-electron chi connectivity index (χ2n) is 4.39. The molecular formula is C15H16ClFN2. The van der Waals surface area contributed by atoms with E-state index in [2.05, 4.69) is 5.32 Å². The molecule has 0 aliphatic heterocycles. The van der Waals surface area contributed by atoms with Crippen LogP contribution < -0.4 is 10.2 Å². The normalized spacial score (nSPS) is 10.3. The number of nitrogens with zero attached hydrogens (tertiary/aromatic N) is 1. The summed E-state index contributed by atoms with van der Waals surface area (Å²) in [6.45, 7) is 0.477. The van der Waals surface area contributed by atoms with E-state index in [1.807, 2.05) is 43.3 Å². The molecule has 2 aromatic carbocycles. The lowest BCUT2D eigenvalue weighted by Gasteiger charge is -2.20. The van der Waals surface area contributed by atoms with Crippen LogP contribution in [0.1, 0.15) is 5.56 Å². The van der Waals surface area contributed by atoms with Crippen molar-refractivity contribution in [2.75, 3.05) is 24.3 Å². The molecule has 2 rings (SSSR count). The highest BCUT2D eigenvalue weighted by atomic mass is 35.5. The minimum atomic E-state index is -0.233. The Balaban J connectivity index is 2.15. The first-order valence-electron chi connectivity index (χ1n) is 6.03. The minimum Gasteiger partial charge on any atom is -0.388 e. The van der Waals surface area contributed by atoms with E-state index in [9.17, 15) is 4.39 Å². The lowest BCUT2D eigenvalue weighted by molar-refractivity contribution is 0.608. The number of hydrogen-bond donors (Lipinski definition) is 1. The van der Waals surface area contributed by atoms with Gasteiger partial charge in [0.25, 0.3) is 0 Å². The summed E-state index contributed by atoms with van der Waals surface area (Å²) < 4.78 is 13.7. The van der Waals surface area contributed by atoms with Gasteiger partial charge in [-0.15, -0.1) is 0 Å². The van der Waals surface area contributed by atoms with Crippen molar-refractivity contribution in [3.8, 4) is 0 Å². The Morgan fingerprint density at radius 1 is 1.16 bits per heavy atom. The van der Waals surface area contributed by atoms with Gasteiger partial charge in [0.05, 0.1) is 0 Å². The molecule has 0 aromatic heterocycles. The van der Waals surface area contributed by atoms with Crippen molar-refractivity contribution in [3.63, 3.8) is 0 Å². The van der Waals surface area contributed by atoms with E-state index >= 15 is 0 Å². The first-order chi connectivity index (χ1) is 9.10. The van der Waals surface area contributed by atoms with Gasteiger partial charge in [0.15, 0.2) is 0 Å². The molecule has 0 bridgehead atoms. The van der Waals surface area contributed by atoms with Gasteiger partial charge in [0.1, 0.15) is 5.82 Å². The van der Waals surface area contributed by atoms with Crippen LogP contribution in [0.2, 0.25) is 5.02 Å². The lowest BCUT2D eigenvalue weighted by Crippen LogP contribution is -2.17. The monoisotopic (exact) mass is 278 g/mol. The van der Waals surface area contributed by atoms with Crippen molar-refractivity contribution in [1.29, 1.82) is 0 Å². The van der Waals surface area contributed by atoms with Crippen molar-refractivity contribution in [1.82, 2.24) is 0 Å². The van der Waals surface area contributed by atoms with Gasteiger partial charge in [-0.2, -0.15) is 0 Å². The quantitative estimate of drug-likeness (QED) is 0.903. The number of hydrogen-bond acceptors (Lipinski definition) is 2. The molecule has 0 saturated carbocycles. The Labute approximate surface area is 117 Å². The smallest absolute Gasteiger partial charge is 0.128 e. The highest BCUT2D eigenvalue weighted by Crippen LogP contribution is 2.21. The fraction of sp³-hybridized carbons (Fsp3) is 0.200. The largest absolute Gasteiger partial charge is 0.388 e. The van der Waals surface area contributed by atoms with E-state index in [0.717, 1.165) is 11.4 Å². The molecular weight excluding hydrogens is 263 g/mol. The zero-order chi connectivity index (χ0) is 13.8. The standard InChI is InChI=1S/C15H16ClFN2/c1-18-13-4-6-14(7-5-13)19(2)10-11-9-12(16)3-8-15(11)17/h3-9,18H,10H2,1-2H3. The maximum Gasteiger partial charge on any atom is 0.128 e. The molecule has 0 unspecified atom stereocenters.